The summed E-state index contributed by atoms with van der Waals surface area (Å²) in [5.74, 6) is -2.58. The molecule has 0 bridgehead atoms. The van der Waals surface area contributed by atoms with Crippen molar-refractivity contribution >= 4 is 17.9 Å². The van der Waals surface area contributed by atoms with Crippen LogP contribution in [0, 0.1) is 0 Å². The molecular weight excluding hydrogens is 228 g/mol. The van der Waals surface area contributed by atoms with Gasteiger partial charge >= 0.3 is 17.9 Å². The van der Waals surface area contributed by atoms with E-state index in [2.05, 4.69) is 6.92 Å². The first-order valence-electron chi connectivity index (χ1n) is 5.55. The van der Waals surface area contributed by atoms with Crippen LogP contribution in [0.2, 0.25) is 0 Å². The predicted molar refractivity (Wildman–Crippen MR) is 60.9 cm³/mol. The van der Waals surface area contributed by atoms with Crippen LogP contribution in [-0.4, -0.2) is 33.2 Å². The molecule has 0 rings (SSSR count). The Kier molecular flexibility index (Phi) is 13.1. The molecule has 0 spiro atoms. The van der Waals surface area contributed by atoms with E-state index in [1.54, 1.807) is 0 Å². The van der Waals surface area contributed by atoms with Crippen LogP contribution in [0.25, 0.3) is 0 Å². The third kappa shape index (κ3) is 25.1. The summed E-state index contributed by atoms with van der Waals surface area (Å²) >= 11 is 0. The quantitative estimate of drug-likeness (QED) is 0.566. The molecule has 0 saturated carbocycles. The first-order valence-corrected chi connectivity index (χ1v) is 5.55. The van der Waals surface area contributed by atoms with Crippen molar-refractivity contribution in [2.24, 2.45) is 0 Å². The zero-order valence-electron chi connectivity index (χ0n) is 10.0. The lowest BCUT2D eigenvalue weighted by Gasteiger charge is -1.89. The molecule has 0 amide bonds. The summed E-state index contributed by atoms with van der Waals surface area (Å²) < 4.78 is 0. The minimum absolute atomic E-state index is 0.0632. The molecule has 0 atom stereocenters. The highest BCUT2D eigenvalue weighted by Crippen LogP contribution is 1.97. The van der Waals surface area contributed by atoms with Gasteiger partial charge in [0.05, 0.1) is 0 Å². The first kappa shape index (κ1) is 17.8. The number of rotatable bonds is 8. The normalized spacial score (nSPS) is 9.00. The number of hydrogen-bond donors (Lipinski definition) is 3. The van der Waals surface area contributed by atoms with Crippen molar-refractivity contribution in [3.63, 3.8) is 0 Å². The number of carboxylic acid groups (broad SMARTS) is 3. The Hall–Kier alpha value is -1.59. The Bertz CT molecular complexity index is 222. The molecule has 0 aromatic carbocycles. The Morgan fingerprint density at radius 3 is 1.35 bits per heavy atom. The Morgan fingerprint density at radius 1 is 0.706 bits per heavy atom. The molecule has 100 valence electrons. The fourth-order valence-corrected chi connectivity index (χ4v) is 0.917. The van der Waals surface area contributed by atoms with E-state index in [1.807, 2.05) is 0 Å². The van der Waals surface area contributed by atoms with Crippen LogP contribution in [-0.2, 0) is 14.4 Å². The van der Waals surface area contributed by atoms with Crippen molar-refractivity contribution in [3.05, 3.63) is 0 Å². The van der Waals surface area contributed by atoms with E-state index in [0.29, 0.717) is 6.42 Å². The van der Waals surface area contributed by atoms with E-state index in [9.17, 15) is 14.4 Å². The minimum Gasteiger partial charge on any atom is -0.481 e. The van der Waals surface area contributed by atoms with Gasteiger partial charge in [0.25, 0.3) is 0 Å². The van der Waals surface area contributed by atoms with Gasteiger partial charge in [-0.15, -0.1) is 0 Å². The number of carboxylic acids is 3. The molecular formula is C11H20O6. The maximum absolute atomic E-state index is 9.87. The molecule has 3 N–H and O–H groups in total. The number of unbranched alkanes of at least 4 members (excludes halogenated alkanes) is 2. The van der Waals surface area contributed by atoms with Crippen LogP contribution < -0.4 is 0 Å². The van der Waals surface area contributed by atoms with Gasteiger partial charge in [0.15, 0.2) is 0 Å². The predicted octanol–water partition coefficient (Wildman–Crippen LogP) is 1.98. The molecule has 17 heavy (non-hydrogen) atoms. The van der Waals surface area contributed by atoms with Gasteiger partial charge in [0.2, 0.25) is 0 Å². The van der Waals surface area contributed by atoms with Crippen LogP contribution in [0.1, 0.15) is 51.9 Å². The zero-order chi connectivity index (χ0) is 13.7. The third-order valence-electron chi connectivity index (χ3n) is 1.78. The van der Waals surface area contributed by atoms with Crippen LogP contribution in [0.15, 0.2) is 0 Å². The number of aliphatic carboxylic acids is 3. The average Bonchev–Trinajstić information content (AvgIpc) is 2.17. The van der Waals surface area contributed by atoms with Crippen LogP contribution in [0.5, 0.6) is 0 Å². The van der Waals surface area contributed by atoms with Gasteiger partial charge < -0.3 is 15.3 Å². The maximum atomic E-state index is 9.87. The molecule has 0 aromatic heterocycles. The van der Waals surface area contributed by atoms with Crippen LogP contribution >= 0.6 is 0 Å². The van der Waals surface area contributed by atoms with Gasteiger partial charge in [-0.2, -0.15) is 0 Å². The molecule has 0 aromatic rings. The zero-order valence-corrected chi connectivity index (χ0v) is 10.0. The van der Waals surface area contributed by atoms with Gasteiger partial charge in [-0.25, -0.2) is 0 Å². The lowest BCUT2D eigenvalue weighted by molar-refractivity contribution is -0.139. The smallest absolute Gasteiger partial charge is 0.303 e. The van der Waals surface area contributed by atoms with E-state index in [0.717, 1.165) is 19.3 Å². The second-order valence-corrected chi connectivity index (χ2v) is 3.49. The SMILES string of the molecule is CCCCCC(=O)O.O=C(O)CCCC(=O)O. The van der Waals surface area contributed by atoms with Gasteiger partial charge in [-0.3, -0.25) is 14.4 Å². The fourth-order valence-electron chi connectivity index (χ4n) is 0.917. The fraction of sp³-hybridized carbons (Fsp3) is 0.727. The summed E-state index contributed by atoms with van der Waals surface area (Å²) in [6.45, 7) is 2.06. The highest BCUT2D eigenvalue weighted by molar-refractivity contribution is 5.69. The van der Waals surface area contributed by atoms with Crippen LogP contribution in [0.4, 0.5) is 0 Å². The van der Waals surface area contributed by atoms with Crippen molar-refractivity contribution in [1.29, 1.82) is 0 Å². The maximum Gasteiger partial charge on any atom is 0.303 e. The number of hydrogen-bond acceptors (Lipinski definition) is 3. The summed E-state index contributed by atoms with van der Waals surface area (Å²) in [6.07, 6.45) is 3.36. The second-order valence-electron chi connectivity index (χ2n) is 3.49. The largest absolute Gasteiger partial charge is 0.481 e. The van der Waals surface area contributed by atoms with E-state index >= 15 is 0 Å². The standard InChI is InChI=1S/C6H12O2.C5H8O4/c1-2-3-4-5-6(7)8;6-4(7)2-1-3-5(8)9/h2-5H2,1H3,(H,7,8);1-3H2,(H,6,7)(H,8,9). The third-order valence-corrected chi connectivity index (χ3v) is 1.78. The molecule has 6 heteroatoms. The van der Waals surface area contributed by atoms with Gasteiger partial charge in [0, 0.05) is 19.3 Å². The van der Waals surface area contributed by atoms with E-state index in [4.69, 9.17) is 15.3 Å². The topological polar surface area (TPSA) is 112 Å². The summed E-state index contributed by atoms with van der Waals surface area (Å²) in [4.78, 5) is 29.4. The monoisotopic (exact) mass is 248 g/mol. The van der Waals surface area contributed by atoms with Crippen LogP contribution in [0.3, 0.4) is 0 Å². The van der Waals surface area contributed by atoms with Gasteiger partial charge in [-0.1, -0.05) is 19.8 Å². The van der Waals surface area contributed by atoms with E-state index < -0.39 is 17.9 Å². The molecule has 0 saturated heterocycles. The highest BCUT2D eigenvalue weighted by atomic mass is 16.4. The average molecular weight is 248 g/mol. The van der Waals surface area contributed by atoms with Crippen molar-refractivity contribution in [3.8, 4) is 0 Å². The summed E-state index contributed by atoms with van der Waals surface area (Å²) in [6, 6.07) is 0. The summed E-state index contributed by atoms with van der Waals surface area (Å²) in [5, 5.41) is 24.2. The lowest BCUT2D eigenvalue weighted by atomic mass is 10.2. The van der Waals surface area contributed by atoms with Crippen molar-refractivity contribution in [1.82, 2.24) is 0 Å². The molecule has 0 fully saturated rings. The molecule has 6 nitrogen and oxygen atoms in total. The van der Waals surface area contributed by atoms with Crippen molar-refractivity contribution < 1.29 is 29.7 Å². The summed E-state index contributed by atoms with van der Waals surface area (Å²) in [5.41, 5.74) is 0. The molecule has 0 radical (unpaired) electrons. The Labute approximate surface area is 100 Å². The molecule has 0 aliphatic rings. The molecule has 0 aliphatic heterocycles. The molecule has 0 aliphatic carbocycles. The second kappa shape index (κ2) is 12.5. The van der Waals surface area contributed by atoms with Gasteiger partial charge in [-0.05, 0) is 12.8 Å². The Morgan fingerprint density at radius 2 is 1.06 bits per heavy atom. The first-order chi connectivity index (χ1) is 7.90. The van der Waals surface area contributed by atoms with Gasteiger partial charge in [0.1, 0.15) is 0 Å². The van der Waals surface area contributed by atoms with E-state index in [1.165, 1.54) is 0 Å². The lowest BCUT2D eigenvalue weighted by Crippen LogP contribution is -1.98. The molecule has 0 unspecified atom stereocenters. The molecule has 0 heterocycles. The van der Waals surface area contributed by atoms with Crippen molar-refractivity contribution in [2.75, 3.05) is 0 Å². The van der Waals surface area contributed by atoms with Crippen molar-refractivity contribution in [2.45, 2.75) is 51.9 Å². The highest BCUT2D eigenvalue weighted by Gasteiger charge is 1.99. The number of carbonyl (C=O) groups is 3. The van der Waals surface area contributed by atoms with E-state index in [-0.39, 0.29) is 19.3 Å². The minimum atomic E-state index is -0.948. The summed E-state index contributed by atoms with van der Waals surface area (Å²) in [7, 11) is 0. The Balaban J connectivity index is 0.